The van der Waals surface area contributed by atoms with E-state index in [2.05, 4.69) is 15.2 Å². The summed E-state index contributed by atoms with van der Waals surface area (Å²) in [6.07, 6.45) is -3.31. The van der Waals surface area contributed by atoms with E-state index in [0.717, 1.165) is 23.2 Å². The Labute approximate surface area is 192 Å². The number of anilines is 1. The molecule has 0 bridgehead atoms. The molecule has 34 heavy (non-hydrogen) atoms. The van der Waals surface area contributed by atoms with Gasteiger partial charge in [0, 0.05) is 16.8 Å². The fourth-order valence-corrected chi connectivity index (χ4v) is 3.80. The summed E-state index contributed by atoms with van der Waals surface area (Å²) in [7, 11) is 0. The van der Waals surface area contributed by atoms with E-state index in [0.29, 0.717) is 5.56 Å². The van der Waals surface area contributed by atoms with Gasteiger partial charge in [-0.2, -0.15) is 5.10 Å². The Morgan fingerprint density at radius 3 is 2.65 bits per heavy atom. The second-order valence-electron chi connectivity index (χ2n) is 7.55. The number of nitrogens with zero attached hydrogens (tertiary/aromatic N) is 2. The summed E-state index contributed by atoms with van der Waals surface area (Å²) in [5, 5.41) is 5.69. The average molecular weight is 502 g/mol. The van der Waals surface area contributed by atoms with Crippen molar-refractivity contribution in [1.29, 1.82) is 0 Å². The zero-order chi connectivity index (χ0) is 24.6. The van der Waals surface area contributed by atoms with Crippen LogP contribution < -0.4 is 21.7 Å². The Bertz CT molecular complexity index is 1390. The average Bonchev–Trinajstić information content (AvgIpc) is 3.06. The predicted molar refractivity (Wildman–Crippen MR) is 114 cm³/mol. The van der Waals surface area contributed by atoms with Crippen LogP contribution in [0.4, 0.5) is 23.2 Å². The molecule has 0 saturated carbocycles. The van der Waals surface area contributed by atoms with E-state index in [1.165, 1.54) is 12.1 Å². The normalized spacial score (nSPS) is 17.5. The molecule has 0 radical (unpaired) electrons. The van der Waals surface area contributed by atoms with Gasteiger partial charge >= 0.3 is 5.69 Å². The first-order chi connectivity index (χ1) is 16.0. The Morgan fingerprint density at radius 2 is 1.97 bits per heavy atom. The molecule has 1 aliphatic rings. The number of aromatic nitrogens is 4. The summed E-state index contributed by atoms with van der Waals surface area (Å²) in [5.41, 5.74) is -2.65. The maximum absolute atomic E-state index is 14.6. The highest BCUT2D eigenvalue weighted by Crippen LogP contribution is 2.34. The number of halogens is 5. The van der Waals surface area contributed by atoms with E-state index in [9.17, 15) is 31.9 Å². The highest BCUT2D eigenvalue weighted by atomic mass is 35.5. The maximum atomic E-state index is 14.6. The predicted octanol–water partition coefficient (Wildman–Crippen LogP) is 2.45. The van der Waals surface area contributed by atoms with Crippen LogP contribution in [0.15, 0.2) is 44.8 Å². The fourth-order valence-electron chi connectivity index (χ4n) is 3.52. The maximum Gasteiger partial charge on any atom is 0.325 e. The SMILES string of the molecule is O=c1[nH]cc(-c2cc(N3CC(OCc4ccc(C(F)F)c(Cl)c4)C(F)(F)C3)c(=O)[nH]n2)c(=O)[nH]1. The van der Waals surface area contributed by atoms with E-state index < -0.39 is 41.8 Å². The molecular formula is C20H16ClF4N5O4. The van der Waals surface area contributed by atoms with E-state index in [-0.39, 0.29) is 40.7 Å². The van der Waals surface area contributed by atoms with E-state index >= 15 is 0 Å². The summed E-state index contributed by atoms with van der Waals surface area (Å²) in [4.78, 5) is 40.8. The van der Waals surface area contributed by atoms with Crippen LogP contribution in [-0.2, 0) is 11.3 Å². The zero-order valence-electron chi connectivity index (χ0n) is 17.1. The molecule has 1 aromatic carbocycles. The molecular weight excluding hydrogens is 486 g/mol. The Balaban J connectivity index is 1.54. The van der Waals surface area contributed by atoms with Crippen LogP contribution in [0.5, 0.6) is 0 Å². The van der Waals surface area contributed by atoms with Crippen molar-refractivity contribution in [1.82, 2.24) is 20.2 Å². The first-order valence-corrected chi connectivity index (χ1v) is 10.2. The molecule has 1 atom stereocenters. The van der Waals surface area contributed by atoms with Crippen molar-refractivity contribution in [3.8, 4) is 11.3 Å². The summed E-state index contributed by atoms with van der Waals surface area (Å²) in [6, 6.07) is 4.78. The number of hydrogen-bond acceptors (Lipinski definition) is 6. The van der Waals surface area contributed by atoms with Gasteiger partial charge in [0.2, 0.25) is 0 Å². The third kappa shape index (κ3) is 4.75. The van der Waals surface area contributed by atoms with Crippen LogP contribution in [0, 0.1) is 0 Å². The van der Waals surface area contributed by atoms with Crippen LogP contribution in [0.2, 0.25) is 5.02 Å². The summed E-state index contributed by atoms with van der Waals surface area (Å²) in [5.74, 6) is -3.35. The smallest absolute Gasteiger partial charge is 0.325 e. The van der Waals surface area contributed by atoms with Crippen molar-refractivity contribution in [3.63, 3.8) is 0 Å². The molecule has 3 aromatic rings. The van der Waals surface area contributed by atoms with Crippen molar-refractivity contribution in [2.24, 2.45) is 0 Å². The topological polar surface area (TPSA) is 124 Å². The quantitative estimate of drug-likeness (QED) is 0.446. The lowest BCUT2D eigenvalue weighted by atomic mass is 10.1. The second-order valence-corrected chi connectivity index (χ2v) is 7.96. The van der Waals surface area contributed by atoms with Crippen molar-refractivity contribution in [2.75, 3.05) is 18.0 Å². The van der Waals surface area contributed by atoms with Gasteiger partial charge in [-0.1, -0.05) is 23.7 Å². The lowest BCUT2D eigenvalue weighted by Crippen LogP contribution is -2.34. The summed E-state index contributed by atoms with van der Waals surface area (Å²) in [6.45, 7) is -1.54. The van der Waals surface area contributed by atoms with E-state index in [1.54, 1.807) is 0 Å². The Kier molecular flexibility index (Phi) is 6.32. The second kappa shape index (κ2) is 9.06. The number of hydrogen-bond donors (Lipinski definition) is 3. The highest BCUT2D eigenvalue weighted by molar-refractivity contribution is 6.31. The number of rotatable bonds is 6. The third-order valence-electron chi connectivity index (χ3n) is 5.23. The summed E-state index contributed by atoms with van der Waals surface area (Å²) >= 11 is 5.80. The van der Waals surface area contributed by atoms with Gasteiger partial charge in [0.05, 0.1) is 31.0 Å². The molecule has 180 valence electrons. The van der Waals surface area contributed by atoms with Crippen molar-refractivity contribution >= 4 is 17.3 Å². The number of benzene rings is 1. The lowest BCUT2D eigenvalue weighted by Gasteiger charge is -2.18. The number of aromatic amines is 3. The first kappa shape index (κ1) is 23.7. The lowest BCUT2D eigenvalue weighted by molar-refractivity contribution is -0.110. The minimum atomic E-state index is -3.35. The van der Waals surface area contributed by atoms with Crippen LogP contribution in [-0.4, -0.2) is 45.3 Å². The van der Waals surface area contributed by atoms with Crippen LogP contribution in [0.1, 0.15) is 17.6 Å². The first-order valence-electron chi connectivity index (χ1n) is 9.78. The van der Waals surface area contributed by atoms with E-state index in [1.807, 2.05) is 4.98 Å². The van der Waals surface area contributed by atoms with Gasteiger partial charge in [0.25, 0.3) is 23.5 Å². The minimum Gasteiger partial charge on any atom is -0.365 e. The molecule has 1 aliphatic heterocycles. The molecule has 3 N–H and O–H groups in total. The van der Waals surface area contributed by atoms with Gasteiger partial charge in [-0.05, 0) is 17.7 Å². The molecule has 2 aromatic heterocycles. The number of nitrogens with one attached hydrogen (secondary N) is 3. The molecule has 1 fully saturated rings. The molecule has 1 unspecified atom stereocenters. The molecule has 3 heterocycles. The van der Waals surface area contributed by atoms with Crippen LogP contribution in [0.3, 0.4) is 0 Å². The van der Waals surface area contributed by atoms with Crippen molar-refractivity contribution in [3.05, 3.63) is 77.8 Å². The van der Waals surface area contributed by atoms with Gasteiger partial charge in [0.1, 0.15) is 11.8 Å². The standard InChI is InChI=1S/C20H16ClF4N5O4/c21-12-3-9(1-2-10(12)16(22)23)7-34-15-6-30(8-20(15,24)25)14-4-13(28-29-18(14)32)11-5-26-19(33)27-17(11)31/h1-5,15-16H,6-8H2,(H,29,32)(H2,26,27,31,33). The van der Waals surface area contributed by atoms with Crippen LogP contribution >= 0.6 is 11.6 Å². The number of H-pyrrole nitrogens is 3. The van der Waals surface area contributed by atoms with E-state index in [4.69, 9.17) is 16.3 Å². The largest absolute Gasteiger partial charge is 0.365 e. The number of alkyl halides is 4. The third-order valence-corrected chi connectivity index (χ3v) is 5.56. The van der Waals surface area contributed by atoms with Gasteiger partial charge in [-0.15, -0.1) is 0 Å². The molecule has 4 rings (SSSR count). The van der Waals surface area contributed by atoms with Gasteiger partial charge in [0.15, 0.2) is 0 Å². The number of ether oxygens (including phenoxy) is 1. The minimum absolute atomic E-state index is 0.0476. The molecule has 0 aliphatic carbocycles. The van der Waals surface area contributed by atoms with Gasteiger partial charge in [-0.25, -0.2) is 27.5 Å². The highest BCUT2D eigenvalue weighted by Gasteiger charge is 2.49. The monoisotopic (exact) mass is 501 g/mol. The Morgan fingerprint density at radius 1 is 1.21 bits per heavy atom. The molecule has 1 saturated heterocycles. The molecule has 0 spiro atoms. The molecule has 9 nitrogen and oxygen atoms in total. The van der Waals surface area contributed by atoms with Gasteiger partial charge < -0.3 is 14.6 Å². The fraction of sp³-hybridized carbons (Fsp3) is 0.300. The van der Waals surface area contributed by atoms with Crippen LogP contribution in [0.25, 0.3) is 11.3 Å². The van der Waals surface area contributed by atoms with Crippen molar-refractivity contribution in [2.45, 2.75) is 25.1 Å². The van der Waals surface area contributed by atoms with Crippen molar-refractivity contribution < 1.29 is 22.3 Å². The molecule has 0 amide bonds. The Hall–Kier alpha value is -3.45. The molecule has 14 heteroatoms. The summed E-state index contributed by atoms with van der Waals surface area (Å²) < 4.78 is 60.3. The zero-order valence-corrected chi connectivity index (χ0v) is 17.8. The van der Waals surface area contributed by atoms with Gasteiger partial charge in [-0.3, -0.25) is 14.6 Å².